The summed E-state index contributed by atoms with van der Waals surface area (Å²) >= 11 is 0. The lowest BCUT2D eigenvalue weighted by atomic mass is 9.95. The van der Waals surface area contributed by atoms with Gasteiger partial charge in [0.15, 0.2) is 34.8 Å². The van der Waals surface area contributed by atoms with E-state index in [2.05, 4.69) is 85.6 Å². The topological polar surface area (TPSA) is 196 Å². The van der Waals surface area contributed by atoms with E-state index < -0.39 is 11.6 Å². The lowest BCUT2D eigenvalue weighted by molar-refractivity contribution is 0.0118. The quantitative estimate of drug-likeness (QED) is 0.0596. The van der Waals surface area contributed by atoms with Crippen LogP contribution in [0.25, 0.3) is 0 Å². The molecule has 2 amide bonds. The molecule has 6 saturated heterocycles. The van der Waals surface area contributed by atoms with Crippen LogP contribution in [-0.4, -0.2) is 156 Å². The molecule has 8 aromatic carbocycles. The normalized spacial score (nSPS) is 21.9. The lowest BCUT2D eigenvalue weighted by Gasteiger charge is -2.43. The molecule has 8 aromatic rings. The van der Waals surface area contributed by atoms with Crippen LogP contribution >= 0.6 is 0 Å². The van der Waals surface area contributed by atoms with Crippen molar-refractivity contribution >= 4 is 12.2 Å². The number of piperazine rings is 2. The number of morpholine rings is 4. The van der Waals surface area contributed by atoms with Crippen molar-refractivity contribution in [3.05, 3.63) is 267 Å². The zero-order valence-electron chi connectivity index (χ0n) is 69.4. The molecule has 6 fully saturated rings. The van der Waals surface area contributed by atoms with Crippen molar-refractivity contribution in [3.63, 3.8) is 0 Å². The number of nitrogens with one attached hydrogen (secondary N) is 6. The summed E-state index contributed by atoms with van der Waals surface area (Å²) in [7, 11) is 4.46. The Kier molecular flexibility index (Phi) is 32.3. The maximum Gasteiger partial charge on any atom is 0.410 e. The predicted octanol–water partition coefficient (Wildman–Crippen LogP) is 16.9. The Morgan fingerprint density at radius 2 is 0.724 bits per heavy atom. The first-order valence-electron chi connectivity index (χ1n) is 39.1. The van der Waals surface area contributed by atoms with Gasteiger partial charge < -0.3 is 84.3 Å². The summed E-state index contributed by atoms with van der Waals surface area (Å²) in [5.41, 5.74) is 6.46. The highest BCUT2D eigenvalue weighted by Crippen LogP contribution is 2.33. The SMILES string of the molecule is CC1(C)CN(C(=O)OCc2ccccc2)CC(c2ccc(F)cc2)N1.CC1(C)CN(C(=O)OCc2ccccc2)CC(c2ccccc2)N1.CC1(C)COCC(c2ccc(F)c(F)c2)N1.COc1cc(C2COCC(C)(C)N2)ccc1F.COc1ccc(C2COCC(C)(C)N2)c(F)c1.COc1ccc(C2COCC(C)(C)N2)cc1F. The minimum Gasteiger partial charge on any atom is -0.497 e. The first kappa shape index (κ1) is 90.8. The Labute approximate surface area is 680 Å². The molecule has 6 unspecified atom stereocenters. The number of nitrogens with zero attached hydrogens (tertiary/aromatic N) is 2. The molecule has 0 radical (unpaired) electrons. The number of benzene rings is 8. The molecule has 6 heterocycles. The minimum atomic E-state index is -0.820. The van der Waals surface area contributed by atoms with Crippen LogP contribution in [0, 0.1) is 34.9 Å². The predicted molar refractivity (Wildman–Crippen MR) is 437 cm³/mol. The van der Waals surface area contributed by atoms with Gasteiger partial charge in [0.05, 0.1) is 110 Å². The highest BCUT2D eigenvalue weighted by molar-refractivity contribution is 5.69. The number of hydrogen-bond donors (Lipinski definition) is 6. The van der Waals surface area contributed by atoms with Gasteiger partial charge in [-0.2, -0.15) is 0 Å². The largest absolute Gasteiger partial charge is 0.497 e. The van der Waals surface area contributed by atoms with Crippen molar-refractivity contribution in [3.8, 4) is 17.2 Å². The minimum absolute atomic E-state index is 0.0270. The van der Waals surface area contributed by atoms with Crippen LogP contribution in [-0.2, 0) is 41.6 Å². The van der Waals surface area contributed by atoms with E-state index in [1.807, 2.05) is 126 Å². The van der Waals surface area contributed by atoms with Crippen LogP contribution in [0.4, 0.5) is 35.9 Å². The van der Waals surface area contributed by atoms with Gasteiger partial charge in [0.25, 0.3) is 0 Å². The van der Waals surface area contributed by atoms with Crippen molar-refractivity contribution in [1.29, 1.82) is 0 Å². The molecule has 0 bridgehead atoms. The van der Waals surface area contributed by atoms with Gasteiger partial charge >= 0.3 is 12.2 Å². The second kappa shape index (κ2) is 41.3. The van der Waals surface area contributed by atoms with Crippen LogP contribution < -0.4 is 46.1 Å². The Balaban J connectivity index is 0.000000161. The first-order chi connectivity index (χ1) is 55.0. The van der Waals surface area contributed by atoms with Crippen molar-refractivity contribution in [2.24, 2.45) is 0 Å². The molecule has 628 valence electrons. The fourth-order valence-corrected chi connectivity index (χ4v) is 14.4. The highest BCUT2D eigenvalue weighted by atomic mass is 19.2. The van der Waals surface area contributed by atoms with E-state index in [1.54, 1.807) is 58.3 Å². The summed E-state index contributed by atoms with van der Waals surface area (Å²) in [4.78, 5) is 28.5. The van der Waals surface area contributed by atoms with Gasteiger partial charge in [-0.1, -0.05) is 127 Å². The van der Waals surface area contributed by atoms with Crippen LogP contribution in [0.1, 0.15) is 164 Å². The lowest BCUT2D eigenvalue weighted by Crippen LogP contribution is -2.59. The van der Waals surface area contributed by atoms with Gasteiger partial charge in [0, 0.05) is 71.0 Å². The van der Waals surface area contributed by atoms with Crippen molar-refractivity contribution in [2.75, 3.05) is 100 Å². The monoisotopic (exact) mass is 1610 g/mol. The van der Waals surface area contributed by atoms with Crippen LogP contribution in [0.15, 0.2) is 188 Å². The van der Waals surface area contributed by atoms with Gasteiger partial charge in [-0.15, -0.1) is 0 Å². The second-order valence-corrected chi connectivity index (χ2v) is 33.7. The molecule has 0 aromatic heterocycles. The van der Waals surface area contributed by atoms with E-state index in [1.165, 1.54) is 63.3 Å². The third-order valence-electron chi connectivity index (χ3n) is 19.8. The van der Waals surface area contributed by atoms with Crippen molar-refractivity contribution in [1.82, 2.24) is 41.7 Å². The van der Waals surface area contributed by atoms with Crippen LogP contribution in [0.5, 0.6) is 17.2 Å². The number of rotatable bonds is 13. The molecule has 116 heavy (non-hydrogen) atoms. The van der Waals surface area contributed by atoms with E-state index in [0.29, 0.717) is 103 Å². The van der Waals surface area contributed by atoms with Gasteiger partial charge in [0.1, 0.15) is 30.6 Å². The fourth-order valence-electron chi connectivity index (χ4n) is 14.4. The van der Waals surface area contributed by atoms with Gasteiger partial charge in [-0.25, -0.2) is 35.9 Å². The van der Waals surface area contributed by atoms with Gasteiger partial charge in [-0.05, 0) is 177 Å². The Hall–Kier alpha value is -9.12. The van der Waals surface area contributed by atoms with E-state index in [-0.39, 0.29) is 123 Å². The van der Waals surface area contributed by atoms with Gasteiger partial charge in [0.2, 0.25) is 0 Å². The molecule has 6 aliphatic heterocycles. The summed E-state index contributed by atoms with van der Waals surface area (Å²) in [5, 5.41) is 20.8. The molecule has 25 heteroatoms. The van der Waals surface area contributed by atoms with E-state index in [4.69, 9.17) is 42.6 Å². The zero-order valence-corrected chi connectivity index (χ0v) is 69.4. The Bertz CT molecular complexity index is 4420. The average molecular weight is 1610 g/mol. The van der Waals surface area contributed by atoms with E-state index in [9.17, 15) is 35.9 Å². The van der Waals surface area contributed by atoms with E-state index in [0.717, 1.165) is 33.9 Å². The molecule has 6 N–H and O–H groups in total. The zero-order chi connectivity index (χ0) is 84.0. The molecule has 14 rings (SSSR count). The van der Waals surface area contributed by atoms with Crippen LogP contribution in [0.2, 0.25) is 0 Å². The molecular weight excluding hydrogens is 1500 g/mol. The summed E-state index contributed by atoms with van der Waals surface area (Å²) < 4.78 is 128. The second-order valence-electron chi connectivity index (χ2n) is 33.7. The molecular formula is C91H116F6N8O11. The number of carbonyl (C=O) groups is 2. The molecule has 6 atom stereocenters. The summed E-state index contributed by atoms with van der Waals surface area (Å²) in [6, 6.07) is 54.8. The highest BCUT2D eigenvalue weighted by Gasteiger charge is 2.39. The number of methoxy groups -OCH3 is 3. The summed E-state index contributed by atoms with van der Waals surface area (Å²) in [6.07, 6.45) is -0.583. The molecule has 0 aliphatic carbocycles. The number of halogens is 6. The maximum absolute atomic E-state index is 13.9. The first-order valence-corrected chi connectivity index (χ1v) is 39.1. The number of amides is 2. The average Bonchev–Trinajstić information content (AvgIpc) is 0.819. The maximum atomic E-state index is 13.9. The number of ether oxygens (including phenoxy) is 9. The third kappa shape index (κ3) is 28.0. The smallest absolute Gasteiger partial charge is 0.410 e. The fraction of sp³-hybridized carbons (Fsp3) is 0.451. The van der Waals surface area contributed by atoms with Crippen molar-refractivity contribution < 1.29 is 78.6 Å². The summed E-state index contributed by atoms with van der Waals surface area (Å²) in [5.74, 6) is -1.77. The molecule has 19 nitrogen and oxygen atoms in total. The molecule has 0 spiro atoms. The molecule has 6 aliphatic rings. The van der Waals surface area contributed by atoms with E-state index >= 15 is 0 Å². The standard InChI is InChI=1S/C20H23FN2O2.C20H24N2O2.3C13H18FNO2.C12H15F2NO/c1-20(2)14-23(19(24)25-13-15-6-4-3-5-7-15)12-18(22-20)16-8-10-17(21)11-9-16;1-20(2)15-22(13-18(21-20)17-11-7-4-8-12-17)19(23)24-14-16-9-5-3-6-10-16;1-13(2)8-17-7-11(15-13)9-4-5-12(16-3)10(14)6-9;1-13(2)8-17-7-11(15-13)9-4-5-10(14)12(6-9)16-3;1-13(2)8-17-7-12(15-13)10-5-4-9(16-3)6-11(10)14;1-12(2)7-16-6-11(15-12)8-3-4-9(13)10(14)5-8/h3-11,18,22H,12-14H2,1-2H3;3-12,18,21H,13-15H2,1-2H3;2*4-6,11,15H,7-8H2,1-3H3;4-6,12,15H,7-8H2,1-3H3;3-5,11,15H,6-7H2,1-2H3. The van der Waals surface area contributed by atoms with Gasteiger partial charge in [-0.3, -0.25) is 0 Å². The van der Waals surface area contributed by atoms with Crippen molar-refractivity contribution in [2.45, 2.75) is 166 Å². The number of carbonyl (C=O) groups excluding carboxylic acids is 2. The van der Waals surface area contributed by atoms with Crippen LogP contribution in [0.3, 0.4) is 0 Å². The summed E-state index contributed by atoms with van der Waals surface area (Å²) in [6.45, 7) is 32.3. The molecule has 0 saturated carbocycles. The Morgan fingerprint density at radius 3 is 1.13 bits per heavy atom. The Morgan fingerprint density at radius 1 is 0.353 bits per heavy atom. The number of hydrogen-bond acceptors (Lipinski definition) is 17. The third-order valence-corrected chi connectivity index (χ3v) is 19.8.